The van der Waals surface area contributed by atoms with E-state index in [9.17, 15) is 14.6 Å². The molecule has 3 atom stereocenters. The molecule has 1 fully saturated rings. The SMILES string of the molecule is C[C@]12Cc3cnn(-c4ccc(F)cc4)c3C=C1CCC[C@@H]2[C@@H](O)c1ccc(O)cc1. The Morgan fingerprint density at radius 2 is 1.87 bits per heavy atom. The summed E-state index contributed by atoms with van der Waals surface area (Å²) in [6.45, 7) is 2.25. The lowest BCUT2D eigenvalue weighted by molar-refractivity contribution is 0.0217. The number of aliphatic hydroxyl groups is 1. The maximum Gasteiger partial charge on any atom is 0.123 e. The number of hydrogen-bond donors (Lipinski definition) is 2. The molecular weight excluding hydrogens is 379 g/mol. The van der Waals surface area contributed by atoms with Gasteiger partial charge in [0.15, 0.2) is 0 Å². The molecule has 30 heavy (non-hydrogen) atoms. The van der Waals surface area contributed by atoms with Crippen LogP contribution in [0.3, 0.4) is 0 Å². The standard InChI is InChI=1S/C25H25FN2O2/c1-25-14-17-15-27-28(20-9-7-19(26)8-10-20)23(17)13-18(25)3-2-4-22(25)24(30)16-5-11-21(29)12-6-16/h5-13,15,22,24,29-30H,2-4,14H2,1H3/t22-,24+,25+/m1/s1. The molecule has 0 aliphatic heterocycles. The van der Waals surface area contributed by atoms with Gasteiger partial charge in [0.2, 0.25) is 0 Å². The second kappa shape index (κ2) is 7.10. The normalized spacial score (nSPS) is 24.0. The second-order valence-electron chi connectivity index (χ2n) is 8.74. The molecular formula is C25H25FN2O2. The zero-order valence-electron chi connectivity index (χ0n) is 16.9. The molecule has 2 N–H and O–H groups in total. The molecule has 5 rings (SSSR count). The van der Waals surface area contributed by atoms with E-state index in [1.54, 1.807) is 24.3 Å². The fraction of sp³-hybridized carbons (Fsp3) is 0.320. The van der Waals surface area contributed by atoms with Gasteiger partial charge < -0.3 is 10.2 Å². The maximum atomic E-state index is 13.3. The Bertz CT molecular complexity index is 1100. The first-order valence-electron chi connectivity index (χ1n) is 10.5. The average molecular weight is 404 g/mol. The van der Waals surface area contributed by atoms with Crippen LogP contribution >= 0.6 is 0 Å². The van der Waals surface area contributed by atoms with Crippen LogP contribution in [0.25, 0.3) is 11.8 Å². The number of allylic oxidation sites excluding steroid dienone is 1. The third-order valence-electron chi connectivity index (χ3n) is 6.95. The maximum absolute atomic E-state index is 13.3. The molecule has 1 aromatic heterocycles. The number of rotatable bonds is 3. The summed E-state index contributed by atoms with van der Waals surface area (Å²) in [5, 5.41) is 25.4. The third-order valence-corrected chi connectivity index (χ3v) is 6.95. The summed E-state index contributed by atoms with van der Waals surface area (Å²) in [4.78, 5) is 0. The van der Waals surface area contributed by atoms with Crippen LogP contribution in [0, 0.1) is 17.2 Å². The highest BCUT2D eigenvalue weighted by Gasteiger charge is 2.46. The smallest absolute Gasteiger partial charge is 0.123 e. The van der Waals surface area contributed by atoms with Crippen molar-refractivity contribution in [1.82, 2.24) is 9.78 Å². The molecule has 0 saturated heterocycles. The van der Waals surface area contributed by atoms with E-state index >= 15 is 0 Å². The minimum absolute atomic E-state index is 0.0874. The van der Waals surface area contributed by atoms with E-state index in [1.165, 1.54) is 17.7 Å². The molecule has 2 aliphatic rings. The highest BCUT2D eigenvalue weighted by Crippen LogP contribution is 2.54. The number of halogens is 1. The minimum Gasteiger partial charge on any atom is -0.508 e. The highest BCUT2D eigenvalue weighted by molar-refractivity contribution is 5.61. The van der Waals surface area contributed by atoms with Gasteiger partial charge in [-0.1, -0.05) is 24.6 Å². The number of aliphatic hydroxyl groups excluding tert-OH is 1. The van der Waals surface area contributed by atoms with E-state index in [0.717, 1.165) is 48.2 Å². The van der Waals surface area contributed by atoms with E-state index in [2.05, 4.69) is 18.1 Å². The Morgan fingerprint density at radius 1 is 1.13 bits per heavy atom. The fourth-order valence-electron chi connectivity index (χ4n) is 5.28. The molecule has 0 radical (unpaired) electrons. The van der Waals surface area contributed by atoms with Crippen molar-refractivity contribution >= 4 is 6.08 Å². The summed E-state index contributed by atoms with van der Waals surface area (Å²) in [6.07, 6.45) is 7.34. The predicted molar refractivity (Wildman–Crippen MR) is 114 cm³/mol. The molecule has 5 heteroatoms. The van der Waals surface area contributed by atoms with E-state index in [4.69, 9.17) is 0 Å². The van der Waals surface area contributed by atoms with Gasteiger partial charge in [0.25, 0.3) is 0 Å². The van der Waals surface area contributed by atoms with Crippen molar-refractivity contribution in [3.63, 3.8) is 0 Å². The van der Waals surface area contributed by atoms with Crippen molar-refractivity contribution in [2.45, 2.75) is 38.7 Å². The van der Waals surface area contributed by atoms with Crippen LogP contribution in [0.1, 0.15) is 49.1 Å². The number of hydrogen-bond acceptors (Lipinski definition) is 3. The van der Waals surface area contributed by atoms with Crippen molar-refractivity contribution in [3.8, 4) is 11.4 Å². The molecule has 1 saturated carbocycles. The van der Waals surface area contributed by atoms with Crippen molar-refractivity contribution in [2.24, 2.45) is 11.3 Å². The van der Waals surface area contributed by atoms with Crippen molar-refractivity contribution in [2.75, 3.05) is 0 Å². The summed E-state index contributed by atoms with van der Waals surface area (Å²) in [5.41, 5.74) is 5.07. The fourth-order valence-corrected chi connectivity index (χ4v) is 5.28. The first-order valence-corrected chi connectivity index (χ1v) is 10.5. The summed E-state index contributed by atoms with van der Waals surface area (Å²) in [7, 11) is 0. The zero-order chi connectivity index (χ0) is 20.9. The van der Waals surface area contributed by atoms with Gasteiger partial charge in [0.05, 0.1) is 23.7 Å². The van der Waals surface area contributed by atoms with Crippen LogP contribution in [0.4, 0.5) is 4.39 Å². The summed E-state index contributed by atoms with van der Waals surface area (Å²) in [6, 6.07) is 13.3. The number of phenols is 1. The van der Waals surface area contributed by atoms with Crippen LogP contribution in [0.15, 0.2) is 60.3 Å². The van der Waals surface area contributed by atoms with Gasteiger partial charge in [-0.2, -0.15) is 5.10 Å². The minimum atomic E-state index is -0.590. The largest absolute Gasteiger partial charge is 0.508 e. The first-order chi connectivity index (χ1) is 14.5. The number of phenolic OH excluding ortho intramolecular Hbond substituents is 1. The van der Waals surface area contributed by atoms with Gasteiger partial charge in [0, 0.05) is 0 Å². The van der Waals surface area contributed by atoms with Gasteiger partial charge in [-0.05, 0) is 90.6 Å². The van der Waals surface area contributed by atoms with Crippen LogP contribution < -0.4 is 0 Å². The van der Waals surface area contributed by atoms with Crippen LogP contribution in [0.2, 0.25) is 0 Å². The lowest BCUT2D eigenvalue weighted by atomic mass is 9.57. The molecule has 154 valence electrons. The van der Waals surface area contributed by atoms with Crippen molar-refractivity contribution < 1.29 is 14.6 Å². The molecule has 3 aromatic rings. The topological polar surface area (TPSA) is 58.3 Å². The van der Waals surface area contributed by atoms with Crippen molar-refractivity contribution in [3.05, 3.63) is 82.9 Å². The number of aromatic hydroxyl groups is 1. The van der Waals surface area contributed by atoms with Gasteiger partial charge in [0.1, 0.15) is 11.6 Å². The van der Waals surface area contributed by atoms with Gasteiger partial charge >= 0.3 is 0 Å². The van der Waals surface area contributed by atoms with Crippen LogP contribution in [-0.2, 0) is 6.42 Å². The molecule has 4 nitrogen and oxygen atoms in total. The van der Waals surface area contributed by atoms with E-state index in [1.807, 2.05) is 23.0 Å². The van der Waals surface area contributed by atoms with Gasteiger partial charge in [-0.25, -0.2) is 9.07 Å². The van der Waals surface area contributed by atoms with E-state index in [0.29, 0.717) is 0 Å². The molecule has 1 heterocycles. The summed E-state index contributed by atoms with van der Waals surface area (Å²) in [5.74, 6) is 0.0327. The Balaban J connectivity index is 1.51. The van der Waals surface area contributed by atoms with Gasteiger partial charge in [-0.15, -0.1) is 0 Å². The average Bonchev–Trinajstić information content (AvgIpc) is 3.14. The number of aromatic nitrogens is 2. The summed E-state index contributed by atoms with van der Waals surface area (Å²) < 4.78 is 15.2. The lowest BCUT2D eigenvalue weighted by Gasteiger charge is -2.47. The quantitative estimate of drug-likeness (QED) is 0.631. The molecule has 0 bridgehead atoms. The second-order valence-corrected chi connectivity index (χ2v) is 8.74. The van der Waals surface area contributed by atoms with E-state index in [-0.39, 0.29) is 22.9 Å². The number of benzene rings is 2. The molecule has 0 spiro atoms. The molecule has 2 aliphatic carbocycles. The lowest BCUT2D eigenvalue weighted by Crippen LogP contribution is -2.40. The third kappa shape index (κ3) is 3.05. The van der Waals surface area contributed by atoms with E-state index < -0.39 is 6.10 Å². The number of nitrogens with zero attached hydrogens (tertiary/aromatic N) is 2. The molecule has 0 unspecified atom stereocenters. The molecule has 2 aromatic carbocycles. The zero-order valence-corrected chi connectivity index (χ0v) is 16.9. The summed E-state index contributed by atoms with van der Waals surface area (Å²) >= 11 is 0. The highest BCUT2D eigenvalue weighted by atomic mass is 19.1. The molecule has 0 amide bonds. The first kappa shape index (κ1) is 19.1. The Kier molecular flexibility index (Phi) is 4.51. The van der Waals surface area contributed by atoms with Gasteiger partial charge in [-0.3, -0.25) is 0 Å². The van der Waals surface area contributed by atoms with Crippen LogP contribution in [-0.4, -0.2) is 20.0 Å². The Morgan fingerprint density at radius 3 is 2.60 bits per heavy atom. The van der Waals surface area contributed by atoms with Crippen molar-refractivity contribution in [1.29, 1.82) is 0 Å². The Hall–Kier alpha value is -2.92. The van der Waals surface area contributed by atoms with Crippen LogP contribution in [0.5, 0.6) is 5.75 Å². The predicted octanol–water partition coefficient (Wildman–Crippen LogP) is 5.20. The Labute approximate surface area is 175 Å². The monoisotopic (exact) mass is 404 g/mol. The number of fused-ring (bicyclic) bond motifs is 2.